The van der Waals surface area contributed by atoms with Crippen LogP contribution in [0.3, 0.4) is 0 Å². The van der Waals surface area contributed by atoms with Gasteiger partial charge in [0.15, 0.2) is 0 Å². The molecule has 1 amide bonds. The summed E-state index contributed by atoms with van der Waals surface area (Å²) in [5, 5.41) is 3.66. The molecule has 3 heterocycles. The number of ether oxygens (including phenoxy) is 1. The van der Waals surface area contributed by atoms with Gasteiger partial charge in [-0.1, -0.05) is 6.07 Å². The molecule has 5 nitrogen and oxygen atoms in total. The fraction of sp³-hybridized carbons (Fsp3) is 0.650. The lowest BCUT2D eigenvalue weighted by Crippen LogP contribution is -2.49. The molecule has 2 bridgehead atoms. The van der Waals surface area contributed by atoms with E-state index in [0.29, 0.717) is 23.9 Å². The quantitative estimate of drug-likeness (QED) is 0.911. The predicted molar refractivity (Wildman–Crippen MR) is 99.1 cm³/mol. The van der Waals surface area contributed by atoms with Crippen LogP contribution in [0.5, 0.6) is 5.75 Å². The number of amides is 1. The first-order chi connectivity index (χ1) is 12.2. The summed E-state index contributed by atoms with van der Waals surface area (Å²) >= 11 is 0. The van der Waals surface area contributed by atoms with E-state index in [0.717, 1.165) is 38.3 Å². The summed E-state index contributed by atoms with van der Waals surface area (Å²) in [7, 11) is 1.70. The van der Waals surface area contributed by atoms with Gasteiger partial charge in [-0.25, -0.2) is 0 Å². The van der Waals surface area contributed by atoms with Gasteiger partial charge in [-0.3, -0.25) is 4.79 Å². The lowest BCUT2D eigenvalue weighted by atomic mass is 9.89. The zero-order valence-corrected chi connectivity index (χ0v) is 15.1. The summed E-state index contributed by atoms with van der Waals surface area (Å²) in [6, 6.07) is 9.52. The second-order valence-electron chi connectivity index (χ2n) is 7.75. The van der Waals surface area contributed by atoms with Crippen molar-refractivity contribution in [2.24, 2.45) is 5.92 Å². The van der Waals surface area contributed by atoms with Crippen molar-refractivity contribution in [1.82, 2.24) is 10.2 Å². The molecule has 3 saturated heterocycles. The second kappa shape index (κ2) is 7.24. The molecule has 5 heteroatoms. The standard InChI is InChI=1S/C20H29N3O2/c1-25-19-4-2-3-18(14-19)22-7-9-23(10-8-22)20(24)13-15-11-16-5-6-17(12-15)21-16/h2-4,14-17,21H,5-13H2,1H3. The minimum atomic E-state index is 0.358. The SMILES string of the molecule is COc1cccc(N2CCN(C(=O)CC3CC4CCC(C3)N4)CC2)c1. The average Bonchev–Trinajstić information content (AvgIpc) is 3.00. The molecule has 0 aliphatic carbocycles. The Labute approximate surface area is 150 Å². The van der Waals surface area contributed by atoms with Crippen molar-refractivity contribution in [3.8, 4) is 5.75 Å². The molecule has 0 radical (unpaired) electrons. The molecule has 25 heavy (non-hydrogen) atoms. The number of carbonyl (C=O) groups is 1. The van der Waals surface area contributed by atoms with E-state index in [4.69, 9.17) is 4.74 Å². The van der Waals surface area contributed by atoms with E-state index in [1.165, 1.54) is 31.4 Å². The Morgan fingerprint density at radius 3 is 2.56 bits per heavy atom. The Morgan fingerprint density at radius 1 is 1.16 bits per heavy atom. The molecular formula is C20H29N3O2. The van der Waals surface area contributed by atoms with Gasteiger partial charge in [0.05, 0.1) is 7.11 Å². The highest BCUT2D eigenvalue weighted by molar-refractivity contribution is 5.77. The second-order valence-corrected chi connectivity index (χ2v) is 7.75. The summed E-state index contributed by atoms with van der Waals surface area (Å²) in [5.74, 6) is 1.83. The Morgan fingerprint density at radius 2 is 1.88 bits per heavy atom. The maximum Gasteiger partial charge on any atom is 0.222 e. The van der Waals surface area contributed by atoms with Crippen LogP contribution in [0.4, 0.5) is 5.69 Å². The molecule has 3 aliphatic rings. The molecule has 1 N–H and O–H groups in total. The van der Waals surface area contributed by atoms with E-state index in [1.54, 1.807) is 7.11 Å². The largest absolute Gasteiger partial charge is 0.497 e. The minimum absolute atomic E-state index is 0.358. The molecule has 2 atom stereocenters. The van der Waals surface area contributed by atoms with Gasteiger partial charge in [0.25, 0.3) is 0 Å². The first-order valence-corrected chi connectivity index (χ1v) is 9.64. The highest BCUT2D eigenvalue weighted by Gasteiger charge is 2.35. The van der Waals surface area contributed by atoms with Gasteiger partial charge in [-0.15, -0.1) is 0 Å². The smallest absolute Gasteiger partial charge is 0.222 e. The number of methoxy groups -OCH3 is 1. The van der Waals surface area contributed by atoms with Crippen LogP contribution in [-0.4, -0.2) is 56.2 Å². The number of nitrogens with zero attached hydrogens (tertiary/aromatic N) is 2. The van der Waals surface area contributed by atoms with Gasteiger partial charge in [0.1, 0.15) is 5.75 Å². The number of nitrogens with one attached hydrogen (secondary N) is 1. The molecule has 136 valence electrons. The number of hydrogen-bond acceptors (Lipinski definition) is 4. The summed E-state index contributed by atoms with van der Waals surface area (Å²) < 4.78 is 5.32. The van der Waals surface area contributed by atoms with Crippen molar-refractivity contribution in [2.45, 2.75) is 44.2 Å². The van der Waals surface area contributed by atoms with Crippen molar-refractivity contribution in [2.75, 3.05) is 38.2 Å². The number of anilines is 1. The van der Waals surface area contributed by atoms with E-state index < -0.39 is 0 Å². The van der Waals surface area contributed by atoms with E-state index in [2.05, 4.69) is 27.2 Å². The number of carbonyl (C=O) groups excluding carboxylic acids is 1. The van der Waals surface area contributed by atoms with Gasteiger partial charge in [-0.2, -0.15) is 0 Å². The highest BCUT2D eigenvalue weighted by atomic mass is 16.5. The summed E-state index contributed by atoms with van der Waals surface area (Å²) in [6.45, 7) is 3.45. The summed E-state index contributed by atoms with van der Waals surface area (Å²) in [6.07, 6.45) is 5.72. The maximum atomic E-state index is 12.7. The Hall–Kier alpha value is -1.75. The lowest BCUT2D eigenvalue weighted by molar-refractivity contribution is -0.132. The lowest BCUT2D eigenvalue weighted by Gasteiger charge is -2.37. The van der Waals surface area contributed by atoms with Gasteiger partial charge in [-0.05, 0) is 43.7 Å². The fourth-order valence-corrected chi connectivity index (χ4v) is 4.74. The molecule has 0 aromatic heterocycles. The summed E-state index contributed by atoms with van der Waals surface area (Å²) in [4.78, 5) is 17.1. The number of fused-ring (bicyclic) bond motifs is 2. The predicted octanol–water partition coefficient (Wildman–Crippen LogP) is 2.26. The van der Waals surface area contributed by atoms with Crippen molar-refractivity contribution >= 4 is 11.6 Å². The maximum absolute atomic E-state index is 12.7. The Balaban J connectivity index is 1.28. The number of hydrogen-bond donors (Lipinski definition) is 1. The number of piperidine rings is 1. The highest BCUT2D eigenvalue weighted by Crippen LogP contribution is 2.33. The zero-order valence-electron chi connectivity index (χ0n) is 15.1. The van der Waals surface area contributed by atoms with Crippen LogP contribution < -0.4 is 15.0 Å². The van der Waals surface area contributed by atoms with E-state index in [9.17, 15) is 4.79 Å². The first kappa shape index (κ1) is 16.7. The zero-order chi connectivity index (χ0) is 17.2. The minimum Gasteiger partial charge on any atom is -0.497 e. The van der Waals surface area contributed by atoms with Gasteiger partial charge < -0.3 is 19.9 Å². The number of rotatable bonds is 4. The Kier molecular flexibility index (Phi) is 4.84. The third-order valence-corrected chi connectivity index (χ3v) is 6.08. The molecule has 3 fully saturated rings. The van der Waals surface area contributed by atoms with Crippen LogP contribution in [0, 0.1) is 5.92 Å². The molecular weight excluding hydrogens is 314 g/mol. The fourth-order valence-electron chi connectivity index (χ4n) is 4.74. The first-order valence-electron chi connectivity index (χ1n) is 9.64. The topological polar surface area (TPSA) is 44.8 Å². The molecule has 2 unspecified atom stereocenters. The van der Waals surface area contributed by atoms with Crippen LogP contribution in [0.15, 0.2) is 24.3 Å². The third kappa shape index (κ3) is 3.76. The van der Waals surface area contributed by atoms with Gasteiger partial charge in [0, 0.05) is 56.4 Å². The van der Waals surface area contributed by atoms with Crippen LogP contribution in [0.2, 0.25) is 0 Å². The molecule has 1 aromatic rings. The van der Waals surface area contributed by atoms with Crippen LogP contribution in [0.25, 0.3) is 0 Å². The number of benzene rings is 1. The van der Waals surface area contributed by atoms with Crippen molar-refractivity contribution in [3.05, 3.63) is 24.3 Å². The molecule has 0 saturated carbocycles. The monoisotopic (exact) mass is 343 g/mol. The summed E-state index contributed by atoms with van der Waals surface area (Å²) in [5.41, 5.74) is 1.18. The van der Waals surface area contributed by atoms with Crippen molar-refractivity contribution in [3.63, 3.8) is 0 Å². The third-order valence-electron chi connectivity index (χ3n) is 6.08. The normalized spacial score (nSPS) is 28.9. The van der Waals surface area contributed by atoms with Crippen molar-refractivity contribution < 1.29 is 9.53 Å². The molecule has 0 spiro atoms. The van der Waals surface area contributed by atoms with E-state index >= 15 is 0 Å². The Bertz CT molecular complexity index is 601. The van der Waals surface area contributed by atoms with Crippen LogP contribution >= 0.6 is 0 Å². The molecule has 4 rings (SSSR count). The average molecular weight is 343 g/mol. The van der Waals surface area contributed by atoms with Crippen LogP contribution in [-0.2, 0) is 4.79 Å². The number of piperazine rings is 1. The van der Waals surface area contributed by atoms with E-state index in [1.807, 2.05) is 12.1 Å². The van der Waals surface area contributed by atoms with Crippen molar-refractivity contribution in [1.29, 1.82) is 0 Å². The van der Waals surface area contributed by atoms with Crippen LogP contribution in [0.1, 0.15) is 32.1 Å². The van der Waals surface area contributed by atoms with Gasteiger partial charge in [0.2, 0.25) is 5.91 Å². The van der Waals surface area contributed by atoms with E-state index in [-0.39, 0.29) is 0 Å². The molecule has 3 aliphatic heterocycles. The molecule has 1 aromatic carbocycles. The van der Waals surface area contributed by atoms with Gasteiger partial charge >= 0.3 is 0 Å².